The number of hydrazone groups is 2. The molecule has 28 heavy (non-hydrogen) atoms. The van der Waals surface area contributed by atoms with Gasteiger partial charge in [-0.1, -0.05) is 47.5 Å². The first-order chi connectivity index (χ1) is 13.3. The predicted molar refractivity (Wildman–Crippen MR) is 113 cm³/mol. The standard InChI is InChI=1S/C20H20Cl2N4O2/c1-13(15-3-7-17(21)8-4-15)23-25-19(27)11-12-20(28)26-24-14(2)16-5-9-18(22)10-6-16/h3-10H,11-12H2,1-2H3,(H,25,27)(H,26,28). The highest BCUT2D eigenvalue weighted by molar-refractivity contribution is 6.31. The Hall–Kier alpha value is -2.70. The Morgan fingerprint density at radius 2 is 1.04 bits per heavy atom. The Balaban J connectivity index is 1.78. The molecule has 0 bridgehead atoms. The van der Waals surface area contributed by atoms with Gasteiger partial charge in [0.25, 0.3) is 0 Å². The van der Waals surface area contributed by atoms with Crippen molar-refractivity contribution in [1.82, 2.24) is 10.9 Å². The van der Waals surface area contributed by atoms with Crippen LogP contribution in [0.5, 0.6) is 0 Å². The Morgan fingerprint density at radius 3 is 1.36 bits per heavy atom. The van der Waals surface area contributed by atoms with Crippen LogP contribution in [0, 0.1) is 0 Å². The third-order valence-corrected chi connectivity index (χ3v) is 4.30. The summed E-state index contributed by atoms with van der Waals surface area (Å²) in [4.78, 5) is 23.7. The molecular weight excluding hydrogens is 399 g/mol. The van der Waals surface area contributed by atoms with E-state index in [4.69, 9.17) is 23.2 Å². The lowest BCUT2D eigenvalue weighted by Crippen LogP contribution is -2.24. The quantitative estimate of drug-likeness (QED) is 0.522. The van der Waals surface area contributed by atoms with Crippen molar-refractivity contribution in [3.8, 4) is 0 Å². The highest BCUT2D eigenvalue weighted by Gasteiger charge is 2.07. The lowest BCUT2D eigenvalue weighted by molar-refractivity contribution is -0.126. The van der Waals surface area contributed by atoms with E-state index in [-0.39, 0.29) is 24.7 Å². The third-order valence-electron chi connectivity index (χ3n) is 3.80. The Bertz CT molecular complexity index is 816. The third kappa shape index (κ3) is 7.13. The first kappa shape index (κ1) is 21.6. The minimum Gasteiger partial charge on any atom is -0.273 e. The van der Waals surface area contributed by atoms with E-state index in [1.165, 1.54) is 0 Å². The first-order valence-electron chi connectivity index (χ1n) is 8.53. The molecule has 0 saturated heterocycles. The molecule has 0 aliphatic rings. The maximum absolute atomic E-state index is 11.9. The molecule has 2 rings (SSSR count). The molecule has 0 aliphatic heterocycles. The topological polar surface area (TPSA) is 82.9 Å². The fourth-order valence-corrected chi connectivity index (χ4v) is 2.39. The van der Waals surface area contributed by atoms with E-state index in [1.807, 2.05) is 24.3 Å². The number of benzene rings is 2. The maximum Gasteiger partial charge on any atom is 0.240 e. The van der Waals surface area contributed by atoms with Gasteiger partial charge in [0.15, 0.2) is 0 Å². The molecular formula is C20H20Cl2N4O2. The molecule has 6 nitrogen and oxygen atoms in total. The van der Waals surface area contributed by atoms with Gasteiger partial charge >= 0.3 is 0 Å². The number of nitrogens with zero attached hydrogens (tertiary/aromatic N) is 2. The molecule has 146 valence electrons. The van der Waals surface area contributed by atoms with Gasteiger partial charge in [0.1, 0.15) is 0 Å². The second-order valence-electron chi connectivity index (χ2n) is 5.98. The summed E-state index contributed by atoms with van der Waals surface area (Å²) < 4.78 is 0. The average Bonchev–Trinajstić information content (AvgIpc) is 2.69. The van der Waals surface area contributed by atoms with E-state index in [0.29, 0.717) is 21.5 Å². The van der Waals surface area contributed by atoms with Crippen LogP contribution in [0.2, 0.25) is 10.0 Å². The van der Waals surface area contributed by atoms with Crippen LogP contribution in [0.3, 0.4) is 0 Å². The Morgan fingerprint density at radius 1 is 0.714 bits per heavy atom. The molecule has 0 radical (unpaired) electrons. The summed E-state index contributed by atoms with van der Waals surface area (Å²) in [7, 11) is 0. The normalized spacial score (nSPS) is 11.9. The van der Waals surface area contributed by atoms with Crippen molar-refractivity contribution in [2.45, 2.75) is 26.7 Å². The van der Waals surface area contributed by atoms with Gasteiger partial charge in [0, 0.05) is 22.9 Å². The average molecular weight is 419 g/mol. The molecule has 8 heteroatoms. The van der Waals surface area contributed by atoms with E-state index in [2.05, 4.69) is 21.1 Å². The van der Waals surface area contributed by atoms with Crippen LogP contribution in [-0.2, 0) is 9.59 Å². The summed E-state index contributed by atoms with van der Waals surface area (Å²) in [6, 6.07) is 14.2. The predicted octanol–water partition coefficient (Wildman–Crippen LogP) is 4.15. The number of rotatable bonds is 7. The first-order valence-corrected chi connectivity index (χ1v) is 9.29. The molecule has 0 unspecified atom stereocenters. The summed E-state index contributed by atoms with van der Waals surface area (Å²) in [5.41, 5.74) is 7.83. The molecule has 0 spiro atoms. The lowest BCUT2D eigenvalue weighted by atomic mass is 10.1. The molecule has 0 saturated carbocycles. The van der Waals surface area contributed by atoms with Gasteiger partial charge < -0.3 is 0 Å². The van der Waals surface area contributed by atoms with Gasteiger partial charge in [-0.05, 0) is 49.2 Å². The van der Waals surface area contributed by atoms with Crippen LogP contribution < -0.4 is 10.9 Å². The molecule has 0 fully saturated rings. The number of halogens is 2. The van der Waals surface area contributed by atoms with E-state index < -0.39 is 0 Å². The van der Waals surface area contributed by atoms with Crippen LogP contribution in [0.15, 0.2) is 58.7 Å². The minimum atomic E-state index is -0.359. The van der Waals surface area contributed by atoms with Crippen LogP contribution in [0.25, 0.3) is 0 Å². The van der Waals surface area contributed by atoms with Gasteiger partial charge in [-0.3, -0.25) is 9.59 Å². The highest BCUT2D eigenvalue weighted by atomic mass is 35.5. The highest BCUT2D eigenvalue weighted by Crippen LogP contribution is 2.11. The van der Waals surface area contributed by atoms with E-state index >= 15 is 0 Å². The molecule has 2 N–H and O–H groups in total. The zero-order valence-electron chi connectivity index (χ0n) is 15.5. The maximum atomic E-state index is 11.9. The number of hydrogen-bond acceptors (Lipinski definition) is 4. The van der Waals surface area contributed by atoms with Crippen LogP contribution >= 0.6 is 23.2 Å². The van der Waals surface area contributed by atoms with E-state index in [0.717, 1.165) is 11.1 Å². The summed E-state index contributed by atoms with van der Waals surface area (Å²) in [5, 5.41) is 9.30. The monoisotopic (exact) mass is 418 g/mol. The summed E-state index contributed by atoms with van der Waals surface area (Å²) in [6.07, 6.45) is -0.00249. The van der Waals surface area contributed by atoms with E-state index in [1.54, 1.807) is 38.1 Å². The lowest BCUT2D eigenvalue weighted by Gasteiger charge is -2.04. The number of hydrogen-bond donors (Lipinski definition) is 2. The molecule has 0 heterocycles. The van der Waals surface area contributed by atoms with Crippen molar-refractivity contribution < 1.29 is 9.59 Å². The van der Waals surface area contributed by atoms with Gasteiger partial charge in [0.2, 0.25) is 11.8 Å². The molecule has 0 aromatic heterocycles. The van der Waals surface area contributed by atoms with Crippen molar-refractivity contribution in [3.63, 3.8) is 0 Å². The van der Waals surface area contributed by atoms with E-state index in [9.17, 15) is 9.59 Å². The number of carbonyl (C=O) groups excluding carboxylic acids is 2. The Kier molecular flexibility index (Phi) is 8.17. The van der Waals surface area contributed by atoms with Gasteiger partial charge in [0.05, 0.1) is 11.4 Å². The minimum absolute atomic E-state index is 0.00125. The van der Waals surface area contributed by atoms with Gasteiger partial charge in [-0.15, -0.1) is 0 Å². The largest absolute Gasteiger partial charge is 0.273 e. The van der Waals surface area contributed by atoms with Crippen LogP contribution in [0.1, 0.15) is 37.8 Å². The van der Waals surface area contributed by atoms with Crippen molar-refractivity contribution in [3.05, 3.63) is 69.7 Å². The van der Waals surface area contributed by atoms with Crippen LogP contribution in [0.4, 0.5) is 0 Å². The summed E-state index contributed by atoms with van der Waals surface area (Å²) in [5.74, 6) is -0.719. The molecule has 0 aliphatic carbocycles. The second-order valence-corrected chi connectivity index (χ2v) is 6.85. The molecule has 2 aromatic carbocycles. The smallest absolute Gasteiger partial charge is 0.240 e. The summed E-state index contributed by atoms with van der Waals surface area (Å²) >= 11 is 11.7. The van der Waals surface area contributed by atoms with Crippen LogP contribution in [-0.4, -0.2) is 23.2 Å². The number of amides is 2. The zero-order chi connectivity index (χ0) is 20.5. The molecule has 2 amide bonds. The zero-order valence-corrected chi connectivity index (χ0v) is 17.0. The number of carbonyl (C=O) groups is 2. The fraction of sp³-hybridized carbons (Fsp3) is 0.200. The molecule has 2 aromatic rings. The van der Waals surface area contributed by atoms with Crippen molar-refractivity contribution in [2.75, 3.05) is 0 Å². The summed E-state index contributed by atoms with van der Waals surface area (Å²) in [6.45, 7) is 3.54. The number of nitrogens with one attached hydrogen (secondary N) is 2. The molecule has 0 atom stereocenters. The van der Waals surface area contributed by atoms with Gasteiger partial charge in [-0.25, -0.2) is 10.9 Å². The second kappa shape index (κ2) is 10.6. The van der Waals surface area contributed by atoms with Crippen molar-refractivity contribution in [1.29, 1.82) is 0 Å². The fourth-order valence-electron chi connectivity index (χ4n) is 2.14. The van der Waals surface area contributed by atoms with Crippen molar-refractivity contribution in [2.24, 2.45) is 10.2 Å². The van der Waals surface area contributed by atoms with Gasteiger partial charge in [-0.2, -0.15) is 10.2 Å². The Labute approximate surface area is 173 Å². The van der Waals surface area contributed by atoms with Crippen molar-refractivity contribution >= 4 is 46.4 Å². The SMILES string of the molecule is CC(=NNC(=O)CCC(=O)NN=C(C)c1ccc(Cl)cc1)c1ccc(Cl)cc1.